The van der Waals surface area contributed by atoms with Gasteiger partial charge in [0, 0.05) is 61.8 Å². The molecule has 10 heteroatoms. The number of aromatic nitrogens is 1. The number of urea groups is 1. The first-order chi connectivity index (χ1) is 16.4. The maximum Gasteiger partial charge on any atom is 0.312 e. The monoisotopic (exact) mass is 481 g/mol. The highest BCUT2D eigenvalue weighted by atomic mass is 32.2. The predicted molar refractivity (Wildman–Crippen MR) is 130 cm³/mol. The van der Waals surface area contributed by atoms with Gasteiger partial charge < -0.3 is 21.1 Å². The minimum absolute atomic E-state index is 0.116. The molecular weight excluding hydrogens is 454 g/mol. The van der Waals surface area contributed by atoms with Gasteiger partial charge in [0.25, 0.3) is 0 Å². The molecule has 0 saturated carbocycles. The number of benzene rings is 2. The van der Waals surface area contributed by atoms with E-state index in [1.54, 1.807) is 43.8 Å². The summed E-state index contributed by atoms with van der Waals surface area (Å²) in [7, 11) is -2.33. The number of primary amides is 1. The van der Waals surface area contributed by atoms with E-state index in [9.17, 15) is 13.2 Å². The number of piperazine rings is 1. The minimum Gasteiger partial charge on any atom is -0.496 e. The molecule has 2 heterocycles. The van der Waals surface area contributed by atoms with Crippen LogP contribution in [0.1, 0.15) is 5.56 Å². The smallest absolute Gasteiger partial charge is 0.312 e. The average Bonchev–Trinajstić information content (AvgIpc) is 2.87. The predicted octanol–water partition coefficient (Wildman–Crippen LogP) is 2.19. The van der Waals surface area contributed by atoms with Crippen LogP contribution in [0, 0.1) is 0 Å². The van der Waals surface area contributed by atoms with E-state index in [4.69, 9.17) is 10.5 Å². The second-order valence-electron chi connectivity index (χ2n) is 7.79. The van der Waals surface area contributed by atoms with Crippen molar-refractivity contribution in [2.24, 2.45) is 5.73 Å². The lowest BCUT2D eigenvalue weighted by Gasteiger charge is -2.29. The Kier molecular flexibility index (Phi) is 7.11. The van der Waals surface area contributed by atoms with E-state index in [2.05, 4.69) is 15.6 Å². The number of amides is 2. The average molecular weight is 482 g/mol. The van der Waals surface area contributed by atoms with Crippen molar-refractivity contribution in [3.63, 3.8) is 0 Å². The van der Waals surface area contributed by atoms with Gasteiger partial charge in [0.2, 0.25) is 10.0 Å². The molecule has 9 nitrogen and oxygen atoms in total. The highest BCUT2D eigenvalue weighted by Crippen LogP contribution is 2.41. The summed E-state index contributed by atoms with van der Waals surface area (Å²) in [6, 6.07) is 13.8. The lowest BCUT2D eigenvalue weighted by atomic mass is 9.96. The Morgan fingerprint density at radius 2 is 1.74 bits per heavy atom. The lowest BCUT2D eigenvalue weighted by Crippen LogP contribution is -2.46. The zero-order chi connectivity index (χ0) is 24.1. The molecule has 1 aliphatic rings. The normalized spacial score (nSPS) is 14.5. The quantitative estimate of drug-likeness (QED) is 0.475. The Hall–Kier alpha value is -3.47. The molecule has 34 heavy (non-hydrogen) atoms. The third-order valence-corrected chi connectivity index (χ3v) is 7.73. The van der Waals surface area contributed by atoms with Crippen molar-refractivity contribution >= 4 is 16.1 Å². The number of nitrogens with two attached hydrogens (primary N) is 1. The maximum atomic E-state index is 14.1. The lowest BCUT2D eigenvalue weighted by molar-refractivity contribution is 0.248. The van der Waals surface area contributed by atoms with Crippen LogP contribution in [0.15, 0.2) is 65.8 Å². The highest BCUT2D eigenvalue weighted by molar-refractivity contribution is 7.89. The summed E-state index contributed by atoms with van der Waals surface area (Å²) in [5.41, 5.74) is 8.29. The third kappa shape index (κ3) is 4.74. The second kappa shape index (κ2) is 10.2. The molecule has 3 aromatic rings. The SMILES string of the molecule is COc1ccccc1-c1cccc(-c2ccncc2CNC(N)=O)c1S(=O)(=O)N1CCNCC1. The van der Waals surface area contributed by atoms with E-state index in [0.29, 0.717) is 59.7 Å². The first-order valence-electron chi connectivity index (χ1n) is 10.9. The summed E-state index contributed by atoms with van der Waals surface area (Å²) in [4.78, 5) is 15.7. The molecule has 2 amide bonds. The topological polar surface area (TPSA) is 127 Å². The van der Waals surface area contributed by atoms with Crippen LogP contribution in [0.4, 0.5) is 4.79 Å². The van der Waals surface area contributed by atoms with Crippen LogP contribution in [-0.2, 0) is 16.6 Å². The minimum atomic E-state index is -3.89. The van der Waals surface area contributed by atoms with Crippen molar-refractivity contribution in [3.05, 3.63) is 66.5 Å². The van der Waals surface area contributed by atoms with Gasteiger partial charge in [-0.1, -0.05) is 36.4 Å². The number of carbonyl (C=O) groups is 1. The Morgan fingerprint density at radius 1 is 1.06 bits per heavy atom. The van der Waals surface area contributed by atoms with E-state index in [0.717, 1.165) is 0 Å². The Morgan fingerprint density at radius 3 is 2.44 bits per heavy atom. The number of pyridine rings is 1. The molecule has 4 rings (SSSR count). The molecular formula is C24H27N5O4S. The van der Waals surface area contributed by atoms with Crippen LogP contribution in [0.2, 0.25) is 0 Å². The maximum absolute atomic E-state index is 14.1. The first kappa shape index (κ1) is 23.7. The number of hydrogen-bond donors (Lipinski definition) is 3. The van der Waals surface area contributed by atoms with E-state index in [1.165, 1.54) is 4.31 Å². The largest absolute Gasteiger partial charge is 0.496 e. The van der Waals surface area contributed by atoms with E-state index in [-0.39, 0.29) is 11.4 Å². The number of sulfonamides is 1. The molecule has 0 unspecified atom stereocenters. The van der Waals surface area contributed by atoms with Crippen molar-refractivity contribution < 1.29 is 17.9 Å². The second-order valence-corrected chi connectivity index (χ2v) is 9.66. The third-order valence-electron chi connectivity index (χ3n) is 5.73. The molecule has 2 aromatic carbocycles. The fourth-order valence-corrected chi connectivity index (χ4v) is 5.97. The summed E-state index contributed by atoms with van der Waals surface area (Å²) in [5.74, 6) is 0.571. The number of carbonyl (C=O) groups excluding carboxylic acids is 1. The zero-order valence-electron chi connectivity index (χ0n) is 18.8. The number of hydrogen-bond acceptors (Lipinski definition) is 6. The van der Waals surface area contributed by atoms with Gasteiger partial charge in [-0.25, -0.2) is 13.2 Å². The van der Waals surface area contributed by atoms with Crippen molar-refractivity contribution in [2.75, 3.05) is 33.3 Å². The van der Waals surface area contributed by atoms with Gasteiger partial charge in [0.15, 0.2) is 0 Å². The standard InChI is InChI=1S/C24H27N5O4S/c1-33-22-8-3-2-5-19(22)21-7-4-6-20(18-9-10-27-15-17(18)16-28-24(25)30)23(21)34(31,32)29-13-11-26-12-14-29/h2-10,15,26H,11-14,16H2,1H3,(H3,25,28,30). The van der Waals surface area contributed by atoms with Gasteiger partial charge in [0.1, 0.15) is 5.75 Å². The Labute approximate surface area is 199 Å². The number of methoxy groups -OCH3 is 1. The molecule has 178 valence electrons. The van der Waals surface area contributed by atoms with Crippen LogP contribution < -0.4 is 21.1 Å². The number of nitrogens with one attached hydrogen (secondary N) is 2. The van der Waals surface area contributed by atoms with E-state index < -0.39 is 16.1 Å². The van der Waals surface area contributed by atoms with Crippen LogP contribution in [0.3, 0.4) is 0 Å². The van der Waals surface area contributed by atoms with E-state index >= 15 is 0 Å². The molecule has 0 radical (unpaired) electrons. The molecule has 0 atom stereocenters. The molecule has 0 spiro atoms. The zero-order valence-corrected chi connectivity index (χ0v) is 19.6. The Balaban J connectivity index is 1.98. The molecule has 1 aliphatic heterocycles. The summed E-state index contributed by atoms with van der Waals surface area (Å²) < 4.78 is 35.3. The van der Waals surface area contributed by atoms with Crippen LogP contribution in [0.5, 0.6) is 5.75 Å². The van der Waals surface area contributed by atoms with E-state index in [1.807, 2.05) is 24.3 Å². The van der Waals surface area contributed by atoms with Gasteiger partial charge in [-0.2, -0.15) is 4.31 Å². The first-order valence-corrected chi connectivity index (χ1v) is 12.3. The summed E-state index contributed by atoms with van der Waals surface area (Å²) in [6.07, 6.45) is 3.20. The van der Waals surface area contributed by atoms with Gasteiger partial charge in [0.05, 0.1) is 12.0 Å². The Bertz CT molecular complexity index is 1290. The van der Waals surface area contributed by atoms with Crippen molar-refractivity contribution in [3.8, 4) is 28.0 Å². The van der Waals surface area contributed by atoms with Crippen molar-refractivity contribution in [2.45, 2.75) is 11.4 Å². The van der Waals surface area contributed by atoms with Crippen LogP contribution in [-0.4, -0.2) is 57.0 Å². The summed E-state index contributed by atoms with van der Waals surface area (Å²) in [5, 5.41) is 5.77. The molecule has 1 fully saturated rings. The van der Waals surface area contributed by atoms with Crippen molar-refractivity contribution in [1.82, 2.24) is 19.9 Å². The molecule has 1 saturated heterocycles. The highest BCUT2D eigenvalue weighted by Gasteiger charge is 2.32. The van der Waals surface area contributed by atoms with Gasteiger partial charge in [-0.15, -0.1) is 0 Å². The van der Waals surface area contributed by atoms with Gasteiger partial charge >= 0.3 is 6.03 Å². The summed E-state index contributed by atoms with van der Waals surface area (Å²) in [6.45, 7) is 2.01. The molecule has 0 aliphatic carbocycles. The van der Waals surface area contributed by atoms with Crippen molar-refractivity contribution in [1.29, 1.82) is 0 Å². The van der Waals surface area contributed by atoms with Gasteiger partial charge in [-0.3, -0.25) is 4.98 Å². The number of para-hydroxylation sites is 1. The van der Waals surface area contributed by atoms with Gasteiger partial charge in [-0.05, 0) is 23.3 Å². The fraction of sp³-hybridized carbons (Fsp3) is 0.250. The number of ether oxygens (including phenoxy) is 1. The fourth-order valence-electron chi connectivity index (χ4n) is 4.13. The molecule has 4 N–H and O–H groups in total. The van der Waals surface area contributed by atoms with Crippen LogP contribution >= 0.6 is 0 Å². The molecule has 0 bridgehead atoms. The number of nitrogens with zero attached hydrogens (tertiary/aromatic N) is 2. The van der Waals surface area contributed by atoms with Crippen LogP contribution in [0.25, 0.3) is 22.3 Å². The molecule has 1 aromatic heterocycles. The number of rotatable bonds is 7. The summed E-state index contributed by atoms with van der Waals surface area (Å²) >= 11 is 0.